The molecule has 1 amide bonds. The summed E-state index contributed by atoms with van der Waals surface area (Å²) in [6.45, 7) is 0.616. The summed E-state index contributed by atoms with van der Waals surface area (Å²) in [6.07, 6.45) is 4.78. The van der Waals surface area contributed by atoms with Gasteiger partial charge in [0.25, 0.3) is 5.91 Å². The molecule has 1 N–H and O–H groups in total. The number of hydrogen-bond acceptors (Lipinski definition) is 6. The van der Waals surface area contributed by atoms with Crippen molar-refractivity contribution in [3.05, 3.63) is 125 Å². The van der Waals surface area contributed by atoms with Gasteiger partial charge in [-0.05, 0) is 53.6 Å². The van der Waals surface area contributed by atoms with Crippen LogP contribution in [0, 0.1) is 0 Å². The van der Waals surface area contributed by atoms with E-state index in [9.17, 15) is 9.90 Å². The smallest absolute Gasteiger partial charge is 0.294 e. The van der Waals surface area contributed by atoms with E-state index in [1.165, 1.54) is 23.1 Å². The largest absolute Gasteiger partial charge is 0.505 e. The van der Waals surface area contributed by atoms with Crippen molar-refractivity contribution in [3.63, 3.8) is 0 Å². The van der Waals surface area contributed by atoms with Crippen LogP contribution in [0.25, 0.3) is 5.69 Å². The van der Waals surface area contributed by atoms with Crippen LogP contribution >= 0.6 is 23.2 Å². The maximum atomic E-state index is 13.5. The molecule has 2 aromatic heterocycles. The number of amides is 1. The number of aromatic hydroxyl groups is 1. The topological polar surface area (TPSA) is 93.4 Å². The van der Waals surface area contributed by atoms with Crippen molar-refractivity contribution in [1.29, 1.82) is 0 Å². The van der Waals surface area contributed by atoms with Crippen LogP contribution in [0.5, 0.6) is 17.2 Å². The first kappa shape index (κ1) is 25.3. The van der Waals surface area contributed by atoms with Crippen LogP contribution in [0.4, 0.5) is 0 Å². The van der Waals surface area contributed by atoms with Crippen molar-refractivity contribution in [3.8, 4) is 22.9 Å². The molecule has 5 rings (SSSR count). The molecule has 0 saturated heterocycles. The van der Waals surface area contributed by atoms with Gasteiger partial charge in [0.1, 0.15) is 17.8 Å². The average molecular weight is 546 g/mol. The number of hydrogen-bond donors (Lipinski definition) is 1. The maximum absolute atomic E-state index is 13.5. The van der Waals surface area contributed by atoms with Crippen molar-refractivity contribution in [2.45, 2.75) is 13.1 Å². The zero-order valence-electron chi connectivity index (χ0n) is 19.9. The lowest BCUT2D eigenvalue weighted by molar-refractivity contribution is 0.0717. The molecule has 2 heterocycles. The van der Waals surface area contributed by atoms with Gasteiger partial charge in [0.05, 0.1) is 15.7 Å². The second-order valence-corrected chi connectivity index (χ2v) is 9.17. The highest BCUT2D eigenvalue weighted by molar-refractivity contribution is 6.37. The number of para-hydroxylation sites is 1. The number of nitrogens with zero attached hydrogens (tertiary/aromatic N) is 5. The third kappa shape index (κ3) is 5.94. The van der Waals surface area contributed by atoms with Crippen LogP contribution in [0.15, 0.2) is 97.6 Å². The summed E-state index contributed by atoms with van der Waals surface area (Å²) in [4.78, 5) is 23.6. The van der Waals surface area contributed by atoms with Gasteiger partial charge in [0, 0.05) is 25.5 Å². The Morgan fingerprint density at radius 1 is 0.895 bits per heavy atom. The summed E-state index contributed by atoms with van der Waals surface area (Å²) < 4.78 is 7.25. The molecule has 0 atom stereocenters. The Balaban J connectivity index is 1.37. The molecule has 38 heavy (non-hydrogen) atoms. The van der Waals surface area contributed by atoms with Gasteiger partial charge in [-0.3, -0.25) is 9.78 Å². The van der Waals surface area contributed by atoms with Crippen LogP contribution in [0.1, 0.15) is 21.7 Å². The van der Waals surface area contributed by atoms with Crippen molar-refractivity contribution < 1.29 is 14.6 Å². The van der Waals surface area contributed by atoms with Gasteiger partial charge in [-0.25, -0.2) is 9.67 Å². The van der Waals surface area contributed by atoms with E-state index in [0.717, 1.165) is 16.9 Å². The summed E-state index contributed by atoms with van der Waals surface area (Å²) in [5.41, 5.74) is 2.22. The van der Waals surface area contributed by atoms with Crippen molar-refractivity contribution in [2.75, 3.05) is 0 Å². The molecule has 0 radical (unpaired) electrons. The van der Waals surface area contributed by atoms with Crippen LogP contribution in [-0.2, 0) is 13.1 Å². The van der Waals surface area contributed by atoms with E-state index in [2.05, 4.69) is 15.1 Å². The molecule has 0 spiro atoms. The van der Waals surface area contributed by atoms with E-state index < -0.39 is 0 Å². The lowest BCUT2D eigenvalue weighted by atomic mass is 10.2. The van der Waals surface area contributed by atoms with Crippen LogP contribution in [-0.4, -0.2) is 35.7 Å². The quantitative estimate of drug-likeness (QED) is 0.245. The normalized spacial score (nSPS) is 10.8. The molecular formula is C28H21Cl2N5O3. The lowest BCUT2D eigenvalue weighted by Gasteiger charge is -2.21. The molecular weight excluding hydrogens is 525 g/mol. The Morgan fingerprint density at radius 2 is 1.58 bits per heavy atom. The van der Waals surface area contributed by atoms with Gasteiger partial charge < -0.3 is 14.7 Å². The fraction of sp³-hybridized carbons (Fsp3) is 0.0714. The van der Waals surface area contributed by atoms with E-state index in [4.69, 9.17) is 27.9 Å². The predicted molar refractivity (Wildman–Crippen MR) is 144 cm³/mol. The molecule has 0 aliphatic heterocycles. The maximum Gasteiger partial charge on any atom is 0.294 e. The highest BCUT2D eigenvalue weighted by Crippen LogP contribution is 2.33. The minimum Gasteiger partial charge on any atom is -0.505 e. The highest BCUT2D eigenvalue weighted by atomic mass is 35.5. The molecule has 0 fully saturated rings. The van der Waals surface area contributed by atoms with Gasteiger partial charge in [-0.1, -0.05) is 59.6 Å². The molecule has 10 heteroatoms. The number of carbonyl (C=O) groups excluding carboxylic acids is 1. The summed E-state index contributed by atoms with van der Waals surface area (Å²) in [5, 5.41) is 14.3. The fourth-order valence-corrected chi connectivity index (χ4v) is 4.21. The first-order chi connectivity index (χ1) is 18.5. The van der Waals surface area contributed by atoms with Crippen LogP contribution in [0.2, 0.25) is 10.0 Å². The number of phenols is 1. The number of halogens is 2. The monoisotopic (exact) mass is 545 g/mol. The molecule has 0 aliphatic carbocycles. The zero-order chi connectivity index (χ0) is 26.5. The van der Waals surface area contributed by atoms with Gasteiger partial charge >= 0.3 is 0 Å². The average Bonchev–Trinajstić information content (AvgIpc) is 3.43. The Morgan fingerprint density at radius 3 is 2.26 bits per heavy atom. The van der Waals surface area contributed by atoms with Gasteiger partial charge in [0.15, 0.2) is 5.75 Å². The summed E-state index contributed by atoms with van der Waals surface area (Å²) in [7, 11) is 0. The van der Waals surface area contributed by atoms with Crippen molar-refractivity contribution in [2.24, 2.45) is 0 Å². The molecule has 0 saturated carbocycles. The summed E-state index contributed by atoms with van der Waals surface area (Å²) in [6, 6.07) is 23.7. The number of rotatable bonds is 8. The van der Waals surface area contributed by atoms with Crippen LogP contribution in [0.3, 0.4) is 0 Å². The second kappa shape index (κ2) is 11.3. The Hall–Kier alpha value is -4.40. The predicted octanol–water partition coefficient (Wildman–Crippen LogP) is 6.31. The Labute approximate surface area is 228 Å². The van der Waals surface area contributed by atoms with Gasteiger partial charge in [0.2, 0.25) is 5.82 Å². The fourth-order valence-electron chi connectivity index (χ4n) is 3.73. The minimum atomic E-state index is -0.367. The highest BCUT2D eigenvalue weighted by Gasteiger charge is 2.22. The molecule has 0 unspecified atom stereocenters. The molecule has 5 aromatic rings. The number of carbonyl (C=O) groups is 1. The molecule has 0 bridgehead atoms. The minimum absolute atomic E-state index is 0.00163. The summed E-state index contributed by atoms with van der Waals surface area (Å²) >= 11 is 12.1. The summed E-state index contributed by atoms with van der Waals surface area (Å²) in [5.74, 6) is 0.839. The first-order valence-corrected chi connectivity index (χ1v) is 12.3. The third-order valence-corrected chi connectivity index (χ3v) is 6.18. The van der Waals surface area contributed by atoms with E-state index in [-0.39, 0.29) is 27.5 Å². The third-order valence-electron chi connectivity index (χ3n) is 5.61. The molecule has 190 valence electrons. The molecule has 0 aliphatic rings. The Bertz CT molecular complexity index is 1520. The number of phenolic OH excluding ortho intramolecular Hbond substituents is 1. The van der Waals surface area contributed by atoms with E-state index >= 15 is 0 Å². The number of pyridine rings is 1. The standard InChI is InChI=1S/C28H21Cl2N5O3/c29-24-13-21(14-25(30)26(24)36)35-18-32-27(33-35)28(37)34(17-20-5-4-12-31-15-20)16-19-8-10-23(11-9-19)38-22-6-2-1-3-7-22/h1-15,18,36H,16-17H2. The number of benzene rings is 3. The van der Waals surface area contributed by atoms with Gasteiger partial charge in [-0.2, -0.15) is 0 Å². The second-order valence-electron chi connectivity index (χ2n) is 8.35. The number of aromatic nitrogens is 4. The van der Waals surface area contributed by atoms with Crippen molar-refractivity contribution in [1.82, 2.24) is 24.6 Å². The van der Waals surface area contributed by atoms with E-state index in [1.54, 1.807) is 17.3 Å². The van der Waals surface area contributed by atoms with Gasteiger partial charge in [-0.15, -0.1) is 5.10 Å². The molecule has 8 nitrogen and oxygen atoms in total. The van der Waals surface area contributed by atoms with E-state index in [1.807, 2.05) is 66.7 Å². The first-order valence-electron chi connectivity index (χ1n) is 11.6. The SMILES string of the molecule is O=C(c1ncn(-c2cc(Cl)c(O)c(Cl)c2)n1)N(Cc1ccc(Oc2ccccc2)cc1)Cc1cccnc1. The number of ether oxygens (including phenoxy) is 1. The Kier molecular flexibility index (Phi) is 7.53. The lowest BCUT2D eigenvalue weighted by Crippen LogP contribution is -2.31. The van der Waals surface area contributed by atoms with Crippen LogP contribution < -0.4 is 4.74 Å². The zero-order valence-corrected chi connectivity index (χ0v) is 21.4. The van der Waals surface area contributed by atoms with Crippen molar-refractivity contribution >= 4 is 29.1 Å². The molecule has 3 aromatic carbocycles. The van der Waals surface area contributed by atoms with E-state index in [0.29, 0.717) is 24.5 Å².